The molecule has 2 saturated heterocycles. The molecule has 4 rings (SSSR count). The molecule has 2 amide bonds. The lowest BCUT2D eigenvalue weighted by Crippen LogP contribution is -2.41. The van der Waals surface area contributed by atoms with E-state index in [0.717, 1.165) is 62.6 Å². The zero-order valence-corrected chi connectivity index (χ0v) is 16.7. The fraction of sp³-hybridized carbons (Fsp3) is 0.500. The smallest absolute Gasteiger partial charge is 0.286 e. The van der Waals surface area contributed by atoms with Crippen LogP contribution >= 0.6 is 11.3 Å². The van der Waals surface area contributed by atoms with E-state index in [1.54, 1.807) is 0 Å². The molecule has 0 saturated carbocycles. The SMILES string of the molecule is O=C(Nc1ccccc1)c1nnc(CN2CCC(C(=O)N3CCCC3)CC2)s1. The Hall–Kier alpha value is -2.32. The molecule has 1 N–H and O–H groups in total. The first-order chi connectivity index (χ1) is 13.7. The number of hydrogen-bond acceptors (Lipinski definition) is 6. The topological polar surface area (TPSA) is 78.4 Å². The van der Waals surface area contributed by atoms with E-state index >= 15 is 0 Å². The molecule has 28 heavy (non-hydrogen) atoms. The van der Waals surface area contributed by atoms with Crippen molar-refractivity contribution in [3.63, 3.8) is 0 Å². The molecule has 2 aliphatic rings. The molecule has 0 atom stereocenters. The van der Waals surface area contributed by atoms with Gasteiger partial charge in [-0.05, 0) is 50.9 Å². The zero-order chi connectivity index (χ0) is 19.3. The summed E-state index contributed by atoms with van der Waals surface area (Å²) in [6.45, 7) is 4.31. The summed E-state index contributed by atoms with van der Waals surface area (Å²) in [4.78, 5) is 29.2. The molecule has 0 aliphatic carbocycles. The molecular formula is C20H25N5O2S. The van der Waals surface area contributed by atoms with Gasteiger partial charge in [0.2, 0.25) is 10.9 Å². The second-order valence-corrected chi connectivity index (χ2v) is 8.47. The van der Waals surface area contributed by atoms with Crippen molar-refractivity contribution < 1.29 is 9.59 Å². The summed E-state index contributed by atoms with van der Waals surface area (Å²) >= 11 is 1.33. The average Bonchev–Trinajstić information content (AvgIpc) is 3.41. The number of nitrogens with one attached hydrogen (secondary N) is 1. The first kappa shape index (κ1) is 19.0. The number of para-hydroxylation sites is 1. The largest absolute Gasteiger partial charge is 0.342 e. The van der Waals surface area contributed by atoms with Crippen LogP contribution < -0.4 is 5.32 Å². The van der Waals surface area contributed by atoms with Crippen LogP contribution in [0.2, 0.25) is 0 Å². The van der Waals surface area contributed by atoms with Crippen LogP contribution in [-0.2, 0) is 11.3 Å². The number of aromatic nitrogens is 2. The van der Waals surface area contributed by atoms with Gasteiger partial charge in [0.05, 0.1) is 6.54 Å². The summed E-state index contributed by atoms with van der Waals surface area (Å²) in [7, 11) is 0. The lowest BCUT2D eigenvalue weighted by molar-refractivity contribution is -0.136. The highest BCUT2D eigenvalue weighted by molar-refractivity contribution is 7.13. The number of piperidine rings is 1. The molecule has 148 valence electrons. The molecule has 2 aliphatic heterocycles. The van der Waals surface area contributed by atoms with Crippen LogP contribution in [0.1, 0.15) is 40.5 Å². The standard InChI is InChI=1S/C20H25N5O2S/c26-18(21-16-6-2-1-3-7-16)19-23-22-17(28-19)14-24-12-8-15(9-13-24)20(27)25-10-4-5-11-25/h1-3,6-7,15H,4-5,8-14H2,(H,21,26). The molecule has 2 aromatic rings. The molecule has 1 aromatic carbocycles. The summed E-state index contributed by atoms with van der Waals surface area (Å²) in [6.07, 6.45) is 4.08. The fourth-order valence-electron chi connectivity index (χ4n) is 3.84. The lowest BCUT2D eigenvalue weighted by Gasteiger charge is -2.32. The van der Waals surface area contributed by atoms with E-state index in [4.69, 9.17) is 0 Å². The molecule has 8 heteroatoms. The van der Waals surface area contributed by atoms with Crippen molar-refractivity contribution in [1.82, 2.24) is 20.0 Å². The highest BCUT2D eigenvalue weighted by Gasteiger charge is 2.30. The summed E-state index contributed by atoms with van der Waals surface area (Å²) in [5.41, 5.74) is 0.744. The number of anilines is 1. The third kappa shape index (κ3) is 4.56. The third-order valence-corrected chi connectivity index (χ3v) is 6.31. The Bertz CT molecular complexity index is 811. The number of hydrogen-bond donors (Lipinski definition) is 1. The Morgan fingerprint density at radius 3 is 2.46 bits per heavy atom. The van der Waals surface area contributed by atoms with Crippen molar-refractivity contribution in [3.05, 3.63) is 40.3 Å². The van der Waals surface area contributed by atoms with Crippen LogP contribution in [0.5, 0.6) is 0 Å². The maximum Gasteiger partial charge on any atom is 0.286 e. The van der Waals surface area contributed by atoms with Gasteiger partial charge in [-0.25, -0.2) is 0 Å². The van der Waals surface area contributed by atoms with Crippen molar-refractivity contribution in [3.8, 4) is 0 Å². The maximum absolute atomic E-state index is 12.5. The Balaban J connectivity index is 1.26. The minimum absolute atomic E-state index is 0.163. The minimum Gasteiger partial charge on any atom is -0.342 e. The molecular weight excluding hydrogens is 374 g/mol. The van der Waals surface area contributed by atoms with Gasteiger partial charge in [-0.2, -0.15) is 0 Å². The van der Waals surface area contributed by atoms with Gasteiger partial charge in [0.1, 0.15) is 5.01 Å². The summed E-state index contributed by atoms with van der Waals surface area (Å²) in [6, 6.07) is 9.33. The highest BCUT2D eigenvalue weighted by Crippen LogP contribution is 2.24. The van der Waals surface area contributed by atoms with Gasteiger partial charge in [-0.15, -0.1) is 10.2 Å². The number of carbonyl (C=O) groups excluding carboxylic acids is 2. The predicted molar refractivity (Wildman–Crippen MR) is 108 cm³/mol. The van der Waals surface area contributed by atoms with Gasteiger partial charge in [0, 0.05) is 24.7 Å². The van der Waals surface area contributed by atoms with Gasteiger partial charge >= 0.3 is 0 Å². The number of rotatable bonds is 5. The lowest BCUT2D eigenvalue weighted by atomic mass is 9.95. The van der Waals surface area contributed by atoms with Gasteiger partial charge in [-0.1, -0.05) is 29.5 Å². The molecule has 0 spiro atoms. The predicted octanol–water partition coefficient (Wildman–Crippen LogP) is 2.62. The number of carbonyl (C=O) groups is 2. The van der Waals surface area contributed by atoms with Gasteiger partial charge < -0.3 is 10.2 Å². The van der Waals surface area contributed by atoms with E-state index in [1.807, 2.05) is 35.2 Å². The zero-order valence-electron chi connectivity index (χ0n) is 15.8. The average molecular weight is 400 g/mol. The van der Waals surface area contributed by atoms with Crippen LogP contribution in [-0.4, -0.2) is 58.0 Å². The highest BCUT2D eigenvalue weighted by atomic mass is 32.1. The summed E-state index contributed by atoms with van der Waals surface area (Å²) in [5.74, 6) is 0.272. The Morgan fingerprint density at radius 1 is 1.04 bits per heavy atom. The number of amides is 2. The van der Waals surface area contributed by atoms with Crippen LogP contribution in [0.3, 0.4) is 0 Å². The van der Waals surface area contributed by atoms with Crippen molar-refractivity contribution >= 4 is 28.8 Å². The summed E-state index contributed by atoms with van der Waals surface area (Å²) < 4.78 is 0. The van der Waals surface area contributed by atoms with Gasteiger partial charge in [0.15, 0.2) is 0 Å². The van der Waals surface area contributed by atoms with Crippen LogP contribution in [0, 0.1) is 5.92 Å². The quantitative estimate of drug-likeness (QED) is 0.836. The van der Waals surface area contributed by atoms with Crippen molar-refractivity contribution in [2.24, 2.45) is 5.92 Å². The van der Waals surface area contributed by atoms with E-state index in [1.165, 1.54) is 11.3 Å². The van der Waals surface area contributed by atoms with E-state index in [9.17, 15) is 9.59 Å². The third-order valence-electron chi connectivity index (χ3n) is 5.41. The second kappa shape index (κ2) is 8.79. The minimum atomic E-state index is -0.232. The van der Waals surface area contributed by atoms with E-state index in [-0.39, 0.29) is 11.8 Å². The Kier molecular flexibility index (Phi) is 5.97. The molecule has 0 radical (unpaired) electrons. The van der Waals surface area contributed by atoms with Crippen LogP contribution in [0.15, 0.2) is 30.3 Å². The molecule has 7 nitrogen and oxygen atoms in total. The Morgan fingerprint density at radius 2 is 1.75 bits per heavy atom. The first-order valence-electron chi connectivity index (χ1n) is 9.89. The number of nitrogens with zero attached hydrogens (tertiary/aromatic N) is 4. The van der Waals surface area contributed by atoms with Crippen molar-refractivity contribution in [2.45, 2.75) is 32.2 Å². The van der Waals surface area contributed by atoms with Gasteiger partial charge in [0.25, 0.3) is 5.91 Å². The van der Waals surface area contributed by atoms with Gasteiger partial charge in [-0.3, -0.25) is 14.5 Å². The fourth-order valence-corrected chi connectivity index (χ4v) is 4.62. The van der Waals surface area contributed by atoms with Crippen molar-refractivity contribution in [2.75, 3.05) is 31.5 Å². The maximum atomic E-state index is 12.5. The molecule has 0 bridgehead atoms. The van der Waals surface area contributed by atoms with Crippen LogP contribution in [0.4, 0.5) is 5.69 Å². The first-order valence-corrected chi connectivity index (χ1v) is 10.7. The number of likely N-dealkylation sites (tertiary alicyclic amines) is 2. The molecule has 1 aromatic heterocycles. The van der Waals surface area contributed by atoms with Crippen LogP contribution in [0.25, 0.3) is 0 Å². The number of benzene rings is 1. The molecule has 3 heterocycles. The Labute approximate surface area is 168 Å². The van der Waals surface area contributed by atoms with E-state index in [0.29, 0.717) is 17.5 Å². The molecule has 2 fully saturated rings. The monoisotopic (exact) mass is 399 g/mol. The van der Waals surface area contributed by atoms with E-state index in [2.05, 4.69) is 20.4 Å². The second-order valence-electron chi connectivity index (χ2n) is 7.40. The summed E-state index contributed by atoms with van der Waals surface area (Å²) in [5, 5.41) is 12.3. The van der Waals surface area contributed by atoms with E-state index < -0.39 is 0 Å². The molecule has 0 unspecified atom stereocenters. The normalized spacial score (nSPS) is 18.4. The van der Waals surface area contributed by atoms with Crippen molar-refractivity contribution in [1.29, 1.82) is 0 Å².